The van der Waals surface area contributed by atoms with E-state index in [0.717, 1.165) is 6.26 Å². The lowest BCUT2D eigenvalue weighted by Crippen LogP contribution is -2.54. The maximum Gasteiger partial charge on any atom is 0.252 e. The zero-order valence-electron chi connectivity index (χ0n) is 20.6. The number of rotatable bonds is 8. The van der Waals surface area contributed by atoms with Gasteiger partial charge in [0.15, 0.2) is 5.65 Å². The van der Waals surface area contributed by atoms with Gasteiger partial charge >= 0.3 is 0 Å². The van der Waals surface area contributed by atoms with Gasteiger partial charge in [0.1, 0.15) is 6.17 Å². The summed E-state index contributed by atoms with van der Waals surface area (Å²) in [6, 6.07) is 1.05. The third kappa shape index (κ3) is 5.69. The minimum atomic E-state index is -3.54. The first-order valence-electron chi connectivity index (χ1n) is 11.6. The minimum Gasteiger partial charge on any atom is -0.387 e. The molecule has 3 N–H and O–H groups in total. The fourth-order valence-electron chi connectivity index (χ4n) is 4.66. The first-order valence-corrected chi connectivity index (χ1v) is 13.8. The van der Waals surface area contributed by atoms with Crippen LogP contribution >= 0.6 is 11.6 Å². The number of halogens is 2. The van der Waals surface area contributed by atoms with Gasteiger partial charge in [0, 0.05) is 49.2 Å². The van der Waals surface area contributed by atoms with Gasteiger partial charge in [-0.3, -0.25) is 9.78 Å². The molecule has 0 radical (unpaired) electrons. The number of carbonyl (C=O) groups is 1. The summed E-state index contributed by atoms with van der Waals surface area (Å²) < 4.78 is 43.3. The smallest absolute Gasteiger partial charge is 0.252 e. The van der Waals surface area contributed by atoms with Gasteiger partial charge in [0.25, 0.3) is 5.91 Å². The summed E-state index contributed by atoms with van der Waals surface area (Å²) in [5.41, 5.74) is 5.47. The Hall–Kier alpha value is -2.87. The number of hydrogen-bond acceptors (Lipinski definition) is 8. The quantitative estimate of drug-likeness (QED) is 0.427. The Labute approximate surface area is 219 Å². The van der Waals surface area contributed by atoms with Crippen LogP contribution < -0.4 is 10.6 Å². The molecule has 0 bridgehead atoms. The first kappa shape index (κ1) is 27.2. The summed E-state index contributed by atoms with van der Waals surface area (Å²) in [4.78, 5) is 22.3. The maximum absolute atomic E-state index is 15.4. The second kappa shape index (κ2) is 10.1. The number of fused-ring (bicyclic) bond motifs is 1. The van der Waals surface area contributed by atoms with Crippen LogP contribution in [0.15, 0.2) is 37.1 Å². The van der Waals surface area contributed by atoms with Gasteiger partial charge in [-0.1, -0.05) is 11.6 Å². The number of piperidine rings is 1. The number of nitrogens with zero attached hydrogens (tertiary/aromatic N) is 6. The molecule has 11 nitrogen and oxygen atoms in total. The molecule has 200 valence electrons. The van der Waals surface area contributed by atoms with Crippen LogP contribution in [-0.2, 0) is 10.0 Å². The molecule has 0 aromatic carbocycles. The number of sulfonamides is 1. The van der Waals surface area contributed by atoms with Crippen LogP contribution in [-0.4, -0.2) is 87.0 Å². The highest BCUT2D eigenvalue weighted by molar-refractivity contribution is 7.88. The molecule has 0 saturated carbocycles. The van der Waals surface area contributed by atoms with Crippen LogP contribution in [0.4, 0.5) is 10.1 Å². The van der Waals surface area contributed by atoms with Crippen molar-refractivity contribution >= 4 is 38.9 Å². The summed E-state index contributed by atoms with van der Waals surface area (Å²) >= 11 is 6.07. The molecule has 1 aliphatic rings. The van der Waals surface area contributed by atoms with E-state index < -0.39 is 39.7 Å². The number of carbonyl (C=O) groups excluding carboxylic acids is 1. The second-order valence-corrected chi connectivity index (χ2v) is 12.2. The molecule has 4 rings (SSSR count). The molecule has 1 fully saturated rings. The van der Waals surface area contributed by atoms with Crippen LogP contribution in [0.2, 0.25) is 5.02 Å². The molecule has 3 aromatic rings. The number of anilines is 1. The summed E-state index contributed by atoms with van der Waals surface area (Å²) in [6.07, 6.45) is 7.12. The van der Waals surface area contributed by atoms with Gasteiger partial charge in [-0.05, 0) is 26.3 Å². The molecule has 3 atom stereocenters. The second-order valence-electron chi connectivity index (χ2n) is 9.75. The molecule has 1 aliphatic heterocycles. The predicted molar refractivity (Wildman–Crippen MR) is 137 cm³/mol. The van der Waals surface area contributed by atoms with Crippen molar-refractivity contribution in [3.8, 4) is 0 Å². The minimum absolute atomic E-state index is 0.0715. The molecular formula is C23H29ClFN7O4S. The first-order chi connectivity index (χ1) is 17.3. The normalized spacial score (nSPS) is 20.2. The van der Waals surface area contributed by atoms with E-state index in [-0.39, 0.29) is 25.2 Å². The zero-order valence-corrected chi connectivity index (χ0v) is 22.2. The molecule has 0 spiro atoms. The standard InChI is InChI=1S/C23H29ClFN7O4S/c1-23(2,34)20(25)13-31(18-4-6-27-9-16(18)21(26)33)19-5-7-30(37(3,35)36)12-17(19)15-10-29-32-11-14(24)8-28-22(15)32/h4,6,8-11,17,19-20,34H,5,7,12-13H2,1-3H3,(H2,26,33)/t17-,19+,20+/m0/s1. The van der Waals surface area contributed by atoms with Crippen molar-refractivity contribution in [1.82, 2.24) is 23.9 Å². The van der Waals surface area contributed by atoms with Crippen LogP contribution in [0.3, 0.4) is 0 Å². The van der Waals surface area contributed by atoms with E-state index in [4.69, 9.17) is 17.3 Å². The summed E-state index contributed by atoms with van der Waals surface area (Å²) in [5.74, 6) is -1.28. The molecular weight excluding hydrogens is 525 g/mol. The Bertz CT molecular complexity index is 1410. The van der Waals surface area contributed by atoms with E-state index >= 15 is 4.39 Å². The highest BCUT2D eigenvalue weighted by Gasteiger charge is 2.41. The molecule has 0 unspecified atom stereocenters. The number of nitrogens with two attached hydrogens (primary N) is 1. The van der Waals surface area contributed by atoms with E-state index in [9.17, 15) is 18.3 Å². The monoisotopic (exact) mass is 553 g/mol. The summed E-state index contributed by atoms with van der Waals surface area (Å²) in [7, 11) is -3.54. The van der Waals surface area contributed by atoms with E-state index in [0.29, 0.717) is 28.3 Å². The fraction of sp³-hybridized carbons (Fsp3) is 0.478. The fourth-order valence-corrected chi connectivity index (χ4v) is 5.67. The number of pyridine rings is 1. The van der Waals surface area contributed by atoms with E-state index in [1.807, 2.05) is 0 Å². The topological polar surface area (TPSA) is 147 Å². The molecule has 1 amide bonds. The largest absolute Gasteiger partial charge is 0.387 e. The lowest BCUT2D eigenvalue weighted by molar-refractivity contribution is -0.000688. The van der Waals surface area contributed by atoms with Crippen molar-refractivity contribution < 1.29 is 22.7 Å². The van der Waals surface area contributed by atoms with Crippen molar-refractivity contribution in [2.75, 3.05) is 30.8 Å². The third-order valence-corrected chi connectivity index (χ3v) is 8.12. The average Bonchev–Trinajstić information content (AvgIpc) is 3.23. The SMILES string of the molecule is CC(C)(O)[C@H](F)CN(c1ccncc1C(N)=O)[C@@H]1CCN(S(C)(=O)=O)C[C@H]1c1cnn2cc(Cl)cnc12. The van der Waals surface area contributed by atoms with Crippen LogP contribution in [0, 0.1) is 0 Å². The summed E-state index contributed by atoms with van der Waals surface area (Å²) in [6.45, 7) is 2.68. The van der Waals surface area contributed by atoms with Crippen LogP contribution in [0.25, 0.3) is 5.65 Å². The highest BCUT2D eigenvalue weighted by atomic mass is 35.5. The molecule has 3 aromatic heterocycles. The molecule has 1 saturated heterocycles. The van der Waals surface area contributed by atoms with Crippen LogP contribution in [0.1, 0.15) is 42.1 Å². The van der Waals surface area contributed by atoms with Crippen molar-refractivity contribution in [3.63, 3.8) is 0 Å². The Morgan fingerprint density at radius 1 is 1.38 bits per heavy atom. The molecule has 4 heterocycles. The van der Waals surface area contributed by atoms with E-state index in [1.54, 1.807) is 23.4 Å². The van der Waals surface area contributed by atoms with Crippen molar-refractivity contribution in [2.45, 2.75) is 44.0 Å². The van der Waals surface area contributed by atoms with Crippen molar-refractivity contribution in [3.05, 3.63) is 53.2 Å². The Balaban J connectivity index is 1.88. The van der Waals surface area contributed by atoms with Crippen LogP contribution in [0.5, 0.6) is 0 Å². The van der Waals surface area contributed by atoms with Gasteiger partial charge in [0.2, 0.25) is 10.0 Å². The Morgan fingerprint density at radius 2 is 2.11 bits per heavy atom. The van der Waals surface area contributed by atoms with Crippen molar-refractivity contribution in [1.29, 1.82) is 0 Å². The van der Waals surface area contributed by atoms with Gasteiger partial charge in [-0.15, -0.1) is 0 Å². The van der Waals surface area contributed by atoms with Gasteiger partial charge < -0.3 is 15.7 Å². The van der Waals surface area contributed by atoms with Gasteiger partial charge in [-0.2, -0.15) is 5.10 Å². The highest BCUT2D eigenvalue weighted by Crippen LogP contribution is 2.37. The third-order valence-electron chi connectivity index (χ3n) is 6.66. The number of amides is 1. The molecule has 37 heavy (non-hydrogen) atoms. The molecule has 14 heteroatoms. The number of alkyl halides is 1. The van der Waals surface area contributed by atoms with Gasteiger partial charge in [-0.25, -0.2) is 26.6 Å². The summed E-state index contributed by atoms with van der Waals surface area (Å²) in [5, 5.41) is 15.1. The van der Waals surface area contributed by atoms with Crippen molar-refractivity contribution in [2.24, 2.45) is 5.73 Å². The average molecular weight is 554 g/mol. The molecule has 0 aliphatic carbocycles. The van der Waals surface area contributed by atoms with Gasteiger partial charge in [0.05, 0.1) is 47.1 Å². The van der Waals surface area contributed by atoms with E-state index in [2.05, 4.69) is 15.1 Å². The van der Waals surface area contributed by atoms with E-state index in [1.165, 1.54) is 41.3 Å². The Kier molecular flexibility index (Phi) is 7.43. The number of aliphatic hydroxyl groups is 1. The zero-order chi connectivity index (χ0) is 27.1. The number of aromatic nitrogens is 4. The predicted octanol–water partition coefficient (Wildman–Crippen LogP) is 1.61. The lowest BCUT2D eigenvalue weighted by atomic mass is 9.85. The maximum atomic E-state index is 15.4. The Morgan fingerprint density at radius 3 is 2.76 bits per heavy atom. The lowest BCUT2D eigenvalue weighted by Gasteiger charge is -2.45. The number of hydrogen-bond donors (Lipinski definition) is 2. The number of primary amides is 1.